The van der Waals surface area contributed by atoms with Crippen LogP contribution in [0.4, 0.5) is 20.2 Å². The number of carbonyl (C=O) groups is 1. The SMILES string of the molecule is COc1ccc2c(c1)NC(=O)C1(C(CCCC3CCCC3)C1(F)F)N2C. The van der Waals surface area contributed by atoms with E-state index >= 15 is 0 Å². The topological polar surface area (TPSA) is 41.6 Å². The van der Waals surface area contributed by atoms with E-state index in [2.05, 4.69) is 5.32 Å². The number of fused-ring (bicyclic) bond motifs is 1. The maximum Gasteiger partial charge on any atom is 0.286 e. The Morgan fingerprint density at radius 2 is 2.00 bits per heavy atom. The van der Waals surface area contributed by atoms with Crippen LogP contribution in [-0.4, -0.2) is 31.5 Å². The van der Waals surface area contributed by atoms with Crippen molar-refractivity contribution in [2.75, 3.05) is 24.4 Å². The lowest BCUT2D eigenvalue weighted by molar-refractivity contribution is -0.121. The number of rotatable bonds is 5. The van der Waals surface area contributed by atoms with Gasteiger partial charge in [-0.25, -0.2) is 8.78 Å². The number of likely N-dealkylation sites (N-methyl/N-ethyl adjacent to an activating group) is 1. The third kappa shape index (κ3) is 2.33. The van der Waals surface area contributed by atoms with Crippen molar-refractivity contribution in [1.29, 1.82) is 0 Å². The van der Waals surface area contributed by atoms with E-state index < -0.39 is 23.3 Å². The van der Waals surface area contributed by atoms with E-state index in [1.807, 2.05) is 0 Å². The summed E-state index contributed by atoms with van der Waals surface area (Å²) in [5.74, 6) is -3.25. The number of hydrogen-bond acceptors (Lipinski definition) is 3. The summed E-state index contributed by atoms with van der Waals surface area (Å²) in [4.78, 5) is 14.2. The molecule has 2 unspecified atom stereocenters. The fourth-order valence-electron chi connectivity index (χ4n) is 5.12. The summed E-state index contributed by atoms with van der Waals surface area (Å²) in [6.07, 6.45) is 7.14. The van der Waals surface area contributed by atoms with Crippen molar-refractivity contribution in [3.8, 4) is 5.75 Å². The van der Waals surface area contributed by atoms with Crippen LogP contribution in [0.3, 0.4) is 0 Å². The third-order valence-electron chi connectivity index (χ3n) is 6.64. The fraction of sp³-hybridized carbons (Fsp3) is 0.650. The molecule has 2 saturated carbocycles. The molecule has 0 aromatic heterocycles. The largest absolute Gasteiger partial charge is 0.497 e. The quantitative estimate of drug-likeness (QED) is 0.839. The maximum atomic E-state index is 14.9. The number of carbonyl (C=O) groups excluding carboxylic acids is 1. The van der Waals surface area contributed by atoms with Crippen LogP contribution in [0.2, 0.25) is 0 Å². The molecule has 0 bridgehead atoms. The normalized spacial score (nSPS) is 29.6. The standard InChI is InChI=1S/C20H26F2N2O2/c1-24-16-11-10-14(26-2)12-15(16)23-18(25)19(24)17(20(19,21)22)9-5-8-13-6-3-4-7-13/h10-13,17H,3-9H2,1-2H3,(H,23,25). The molecule has 2 atom stereocenters. The molecule has 3 aliphatic rings. The molecule has 4 rings (SSSR count). The number of hydrogen-bond donors (Lipinski definition) is 1. The monoisotopic (exact) mass is 364 g/mol. The van der Waals surface area contributed by atoms with Gasteiger partial charge in [-0.05, 0) is 24.5 Å². The highest BCUT2D eigenvalue weighted by Crippen LogP contribution is 2.66. The fourth-order valence-corrected chi connectivity index (χ4v) is 5.12. The highest BCUT2D eigenvalue weighted by atomic mass is 19.3. The molecule has 1 aromatic carbocycles. The van der Waals surface area contributed by atoms with Crippen LogP contribution in [0.5, 0.6) is 5.75 Å². The lowest BCUT2D eigenvalue weighted by Crippen LogP contribution is -2.53. The number of nitrogens with zero attached hydrogens (tertiary/aromatic N) is 1. The van der Waals surface area contributed by atoms with Gasteiger partial charge in [0.2, 0.25) is 0 Å². The lowest BCUT2D eigenvalue weighted by Gasteiger charge is -2.36. The van der Waals surface area contributed by atoms with Crippen molar-refractivity contribution >= 4 is 17.3 Å². The number of alkyl halides is 2. The predicted molar refractivity (Wildman–Crippen MR) is 97.0 cm³/mol. The van der Waals surface area contributed by atoms with E-state index in [0.29, 0.717) is 29.5 Å². The highest BCUT2D eigenvalue weighted by molar-refractivity contribution is 6.10. The molecule has 1 aliphatic heterocycles. The number of amides is 1. The molecule has 1 N–H and O–H groups in total. The summed E-state index contributed by atoms with van der Waals surface area (Å²) in [7, 11) is 3.14. The lowest BCUT2D eigenvalue weighted by atomic mass is 9.97. The van der Waals surface area contributed by atoms with Crippen LogP contribution in [0.15, 0.2) is 18.2 Å². The molecule has 0 saturated heterocycles. The molecule has 0 radical (unpaired) electrons. The number of halogens is 2. The van der Waals surface area contributed by atoms with E-state index in [1.54, 1.807) is 25.2 Å². The van der Waals surface area contributed by atoms with Crippen molar-refractivity contribution in [3.05, 3.63) is 18.2 Å². The summed E-state index contributed by atoms with van der Waals surface area (Å²) in [6.45, 7) is 0. The van der Waals surface area contributed by atoms with Gasteiger partial charge in [0, 0.05) is 13.1 Å². The first-order valence-electron chi connectivity index (χ1n) is 9.54. The molecule has 1 aromatic rings. The summed E-state index contributed by atoms with van der Waals surface area (Å²) in [5.41, 5.74) is -0.609. The highest BCUT2D eigenvalue weighted by Gasteiger charge is 2.87. The Kier molecular flexibility index (Phi) is 4.12. The van der Waals surface area contributed by atoms with E-state index in [4.69, 9.17) is 4.74 Å². The van der Waals surface area contributed by atoms with Gasteiger partial charge in [0.05, 0.1) is 24.4 Å². The zero-order valence-corrected chi connectivity index (χ0v) is 15.4. The van der Waals surface area contributed by atoms with Crippen LogP contribution in [0.1, 0.15) is 44.9 Å². The minimum Gasteiger partial charge on any atom is -0.497 e. The molecule has 26 heavy (non-hydrogen) atoms. The Morgan fingerprint density at radius 1 is 1.27 bits per heavy atom. The first kappa shape index (κ1) is 17.6. The molecule has 142 valence electrons. The Morgan fingerprint density at radius 3 is 2.69 bits per heavy atom. The summed E-state index contributed by atoms with van der Waals surface area (Å²) >= 11 is 0. The van der Waals surface area contributed by atoms with Gasteiger partial charge in [-0.15, -0.1) is 0 Å². The number of benzene rings is 1. The van der Waals surface area contributed by atoms with Crippen LogP contribution >= 0.6 is 0 Å². The second kappa shape index (κ2) is 6.10. The summed E-state index contributed by atoms with van der Waals surface area (Å²) in [6, 6.07) is 5.14. The minimum atomic E-state index is -3.00. The van der Waals surface area contributed by atoms with E-state index in [0.717, 1.165) is 12.8 Å². The van der Waals surface area contributed by atoms with Gasteiger partial charge in [-0.3, -0.25) is 4.79 Å². The molecule has 1 spiro atoms. The molecule has 4 nitrogen and oxygen atoms in total. The van der Waals surface area contributed by atoms with Crippen LogP contribution in [0, 0.1) is 11.8 Å². The Hall–Kier alpha value is -1.85. The van der Waals surface area contributed by atoms with Gasteiger partial charge < -0.3 is 15.0 Å². The van der Waals surface area contributed by atoms with Crippen LogP contribution in [-0.2, 0) is 4.79 Å². The van der Waals surface area contributed by atoms with E-state index in [9.17, 15) is 13.6 Å². The Bertz CT molecular complexity index is 718. The van der Waals surface area contributed by atoms with Crippen molar-refractivity contribution in [3.63, 3.8) is 0 Å². The molecule has 1 heterocycles. The predicted octanol–water partition coefficient (Wildman–Crippen LogP) is 4.45. The molecular formula is C20H26F2N2O2. The number of anilines is 2. The van der Waals surface area contributed by atoms with Gasteiger partial charge in [0.25, 0.3) is 11.8 Å². The van der Waals surface area contributed by atoms with E-state index in [1.165, 1.54) is 37.7 Å². The van der Waals surface area contributed by atoms with Crippen LogP contribution < -0.4 is 15.0 Å². The maximum absolute atomic E-state index is 14.9. The zero-order valence-electron chi connectivity index (χ0n) is 15.4. The average Bonchev–Trinajstić information content (AvgIpc) is 2.94. The van der Waals surface area contributed by atoms with Crippen molar-refractivity contribution in [2.24, 2.45) is 11.8 Å². The average molecular weight is 364 g/mol. The Balaban J connectivity index is 1.53. The minimum absolute atomic E-state index is 0.396. The number of ether oxygens (including phenoxy) is 1. The van der Waals surface area contributed by atoms with Crippen molar-refractivity contribution in [1.82, 2.24) is 0 Å². The second-order valence-corrected chi connectivity index (χ2v) is 7.92. The second-order valence-electron chi connectivity index (χ2n) is 7.92. The Labute approximate surface area is 152 Å². The van der Waals surface area contributed by atoms with Crippen molar-refractivity contribution < 1.29 is 18.3 Å². The first-order chi connectivity index (χ1) is 12.4. The number of methoxy groups -OCH3 is 1. The first-order valence-corrected chi connectivity index (χ1v) is 9.54. The zero-order chi connectivity index (χ0) is 18.5. The molecule has 1 amide bonds. The third-order valence-corrected chi connectivity index (χ3v) is 6.64. The molecule has 2 aliphatic carbocycles. The van der Waals surface area contributed by atoms with Gasteiger partial charge in [0.1, 0.15) is 5.75 Å². The molecular weight excluding hydrogens is 338 g/mol. The van der Waals surface area contributed by atoms with E-state index in [-0.39, 0.29) is 0 Å². The molecule has 6 heteroatoms. The van der Waals surface area contributed by atoms with Gasteiger partial charge in [-0.1, -0.05) is 38.5 Å². The van der Waals surface area contributed by atoms with Gasteiger partial charge >= 0.3 is 0 Å². The van der Waals surface area contributed by atoms with Gasteiger partial charge in [-0.2, -0.15) is 0 Å². The smallest absolute Gasteiger partial charge is 0.286 e. The van der Waals surface area contributed by atoms with Crippen molar-refractivity contribution in [2.45, 2.75) is 56.4 Å². The van der Waals surface area contributed by atoms with Crippen LogP contribution in [0.25, 0.3) is 0 Å². The summed E-state index contributed by atoms with van der Waals surface area (Å²) < 4.78 is 34.9. The van der Waals surface area contributed by atoms with Gasteiger partial charge in [0.15, 0.2) is 5.54 Å². The molecule has 2 fully saturated rings. The summed E-state index contributed by atoms with van der Waals surface area (Å²) in [5, 5.41) is 2.69. The number of nitrogens with one attached hydrogen (secondary N) is 1.